The van der Waals surface area contributed by atoms with E-state index in [9.17, 15) is 18.0 Å². The minimum absolute atomic E-state index is 0.0320. The van der Waals surface area contributed by atoms with Crippen molar-refractivity contribution in [1.29, 1.82) is 0 Å². The summed E-state index contributed by atoms with van der Waals surface area (Å²) >= 11 is 0. The van der Waals surface area contributed by atoms with Crippen molar-refractivity contribution in [2.24, 2.45) is 0 Å². The summed E-state index contributed by atoms with van der Waals surface area (Å²) in [6.07, 6.45) is -0.422. The molecular formula is C24H25NO7S. The van der Waals surface area contributed by atoms with E-state index in [-0.39, 0.29) is 34.6 Å². The zero-order valence-corrected chi connectivity index (χ0v) is 19.4. The number of ether oxygens (including phenoxy) is 2. The van der Waals surface area contributed by atoms with E-state index in [2.05, 4.69) is 0 Å². The maximum atomic E-state index is 12.9. The number of nitrogens with zero attached hydrogens (tertiary/aromatic N) is 1. The summed E-state index contributed by atoms with van der Waals surface area (Å²) in [7, 11) is -1.51. The number of fused-ring (bicyclic) bond motifs is 1. The van der Waals surface area contributed by atoms with Crippen LogP contribution in [0.3, 0.4) is 0 Å². The van der Waals surface area contributed by atoms with Gasteiger partial charge in [-0.3, -0.25) is 9.59 Å². The maximum Gasteiger partial charge on any atom is 0.263 e. The number of benzene rings is 2. The molecule has 9 heteroatoms. The Labute approximate surface area is 191 Å². The zero-order chi connectivity index (χ0) is 23.8. The maximum absolute atomic E-state index is 12.9. The van der Waals surface area contributed by atoms with Crippen LogP contribution in [0.15, 0.2) is 57.7 Å². The van der Waals surface area contributed by atoms with Crippen LogP contribution in [-0.4, -0.2) is 49.9 Å². The highest BCUT2D eigenvalue weighted by Gasteiger charge is 2.34. The molecular weight excluding hydrogens is 446 g/mol. The van der Waals surface area contributed by atoms with Gasteiger partial charge in [0.05, 0.1) is 16.9 Å². The predicted octanol–water partition coefficient (Wildman–Crippen LogP) is 3.31. The minimum atomic E-state index is -3.10. The molecule has 2 atom stereocenters. The SMILES string of the molecule is Cc1oc2cc(OC(C)C(=O)N(C)C3CCS(=O)(=O)C3)ccc2c(=O)c1Oc1ccccc1. The molecule has 1 fully saturated rings. The van der Waals surface area contributed by atoms with Gasteiger partial charge >= 0.3 is 0 Å². The van der Waals surface area contributed by atoms with Gasteiger partial charge in [0, 0.05) is 19.2 Å². The Balaban J connectivity index is 1.52. The van der Waals surface area contributed by atoms with Gasteiger partial charge in [0.25, 0.3) is 5.91 Å². The molecule has 0 aliphatic carbocycles. The van der Waals surface area contributed by atoms with E-state index in [0.29, 0.717) is 34.6 Å². The molecule has 3 aromatic rings. The largest absolute Gasteiger partial charge is 0.481 e. The topological polar surface area (TPSA) is 103 Å². The molecule has 0 spiro atoms. The first-order chi connectivity index (χ1) is 15.6. The van der Waals surface area contributed by atoms with Crippen molar-refractivity contribution in [3.05, 3.63) is 64.5 Å². The number of aryl methyl sites for hydroxylation is 1. The van der Waals surface area contributed by atoms with Gasteiger partial charge in [-0.15, -0.1) is 0 Å². The van der Waals surface area contributed by atoms with Crippen LogP contribution in [0.1, 0.15) is 19.1 Å². The van der Waals surface area contributed by atoms with Crippen LogP contribution >= 0.6 is 0 Å². The van der Waals surface area contributed by atoms with E-state index >= 15 is 0 Å². The van der Waals surface area contributed by atoms with E-state index in [1.807, 2.05) is 18.2 Å². The minimum Gasteiger partial charge on any atom is -0.481 e. The molecule has 1 saturated heterocycles. The summed E-state index contributed by atoms with van der Waals surface area (Å²) in [5, 5.41) is 0.325. The summed E-state index contributed by atoms with van der Waals surface area (Å²) in [5.41, 5.74) is 0.000700. The van der Waals surface area contributed by atoms with Crippen LogP contribution in [0, 0.1) is 6.92 Å². The van der Waals surface area contributed by atoms with Gasteiger partial charge in [0.15, 0.2) is 15.9 Å². The molecule has 4 rings (SSSR count). The Hall–Kier alpha value is -3.33. The molecule has 1 aliphatic rings. The Kier molecular flexibility index (Phi) is 6.16. The van der Waals surface area contributed by atoms with Gasteiger partial charge < -0.3 is 18.8 Å². The fourth-order valence-electron chi connectivity index (χ4n) is 3.87. The standard InChI is InChI=1S/C24H25NO7S/c1-15-23(32-18-7-5-4-6-8-18)22(26)20-10-9-19(13-21(20)31-15)30-16(2)24(27)25(3)17-11-12-33(28,29)14-17/h4-10,13,16-17H,11-12,14H2,1-3H3. The van der Waals surface area contributed by atoms with Gasteiger partial charge in [-0.05, 0) is 44.5 Å². The molecule has 0 saturated carbocycles. The molecule has 8 nitrogen and oxygen atoms in total. The number of carbonyl (C=O) groups is 1. The molecule has 0 radical (unpaired) electrons. The fraction of sp³-hybridized carbons (Fsp3) is 0.333. The number of carbonyl (C=O) groups excluding carboxylic acids is 1. The van der Waals surface area contributed by atoms with Gasteiger partial charge in [-0.2, -0.15) is 0 Å². The molecule has 1 aromatic heterocycles. The predicted molar refractivity (Wildman–Crippen MR) is 124 cm³/mol. The second-order valence-corrected chi connectivity index (χ2v) is 10.4. The van der Waals surface area contributed by atoms with Crippen molar-refractivity contribution in [1.82, 2.24) is 4.90 Å². The number of para-hydroxylation sites is 1. The highest BCUT2D eigenvalue weighted by atomic mass is 32.2. The van der Waals surface area contributed by atoms with E-state index in [1.54, 1.807) is 51.2 Å². The van der Waals surface area contributed by atoms with E-state index in [0.717, 1.165) is 0 Å². The lowest BCUT2D eigenvalue weighted by Crippen LogP contribution is -2.44. The summed E-state index contributed by atoms with van der Waals surface area (Å²) in [6.45, 7) is 3.24. The molecule has 1 amide bonds. The monoisotopic (exact) mass is 471 g/mol. The molecule has 2 aromatic carbocycles. The summed E-state index contributed by atoms with van der Waals surface area (Å²) < 4.78 is 40.8. The average molecular weight is 472 g/mol. The Morgan fingerprint density at radius 1 is 1.15 bits per heavy atom. The number of hydrogen-bond acceptors (Lipinski definition) is 7. The van der Waals surface area contributed by atoms with Crippen molar-refractivity contribution < 1.29 is 27.1 Å². The van der Waals surface area contributed by atoms with Crippen molar-refractivity contribution in [3.8, 4) is 17.2 Å². The first-order valence-electron chi connectivity index (χ1n) is 10.6. The van der Waals surface area contributed by atoms with Crippen molar-refractivity contribution >= 4 is 26.7 Å². The van der Waals surface area contributed by atoms with E-state index < -0.39 is 15.9 Å². The summed E-state index contributed by atoms with van der Waals surface area (Å²) in [5.74, 6) is 1.05. The first-order valence-corrected chi connectivity index (χ1v) is 12.4. The van der Waals surface area contributed by atoms with Crippen LogP contribution in [0.2, 0.25) is 0 Å². The molecule has 0 bridgehead atoms. The normalized spacial score (nSPS) is 18.1. The number of hydrogen-bond donors (Lipinski definition) is 0. The lowest BCUT2D eigenvalue weighted by molar-refractivity contribution is -0.138. The number of likely N-dealkylation sites (N-methyl/N-ethyl adjacent to an activating group) is 1. The molecule has 2 unspecified atom stereocenters. The van der Waals surface area contributed by atoms with Crippen molar-refractivity contribution in [3.63, 3.8) is 0 Å². The highest BCUT2D eigenvalue weighted by molar-refractivity contribution is 7.91. The van der Waals surface area contributed by atoms with Crippen LogP contribution in [0.25, 0.3) is 11.0 Å². The second kappa shape index (κ2) is 8.90. The quantitative estimate of drug-likeness (QED) is 0.543. The number of rotatable bonds is 6. The summed E-state index contributed by atoms with van der Waals surface area (Å²) in [4.78, 5) is 27.1. The third-order valence-electron chi connectivity index (χ3n) is 5.71. The molecule has 2 heterocycles. The van der Waals surface area contributed by atoms with Crippen molar-refractivity contribution in [2.75, 3.05) is 18.6 Å². The molecule has 33 heavy (non-hydrogen) atoms. The fourth-order valence-corrected chi connectivity index (χ4v) is 5.64. The van der Waals surface area contributed by atoms with Gasteiger partial charge in [-0.25, -0.2) is 8.42 Å². The lowest BCUT2D eigenvalue weighted by atomic mass is 10.2. The Morgan fingerprint density at radius 2 is 1.88 bits per heavy atom. The number of sulfone groups is 1. The average Bonchev–Trinajstić information content (AvgIpc) is 3.15. The Bertz CT molecular complexity index is 1350. The highest BCUT2D eigenvalue weighted by Crippen LogP contribution is 2.28. The van der Waals surface area contributed by atoms with Gasteiger partial charge in [-0.1, -0.05) is 18.2 Å². The number of amides is 1. The van der Waals surface area contributed by atoms with Crippen molar-refractivity contribution in [2.45, 2.75) is 32.4 Å². The lowest BCUT2D eigenvalue weighted by Gasteiger charge is -2.26. The van der Waals surface area contributed by atoms with Crippen LogP contribution in [-0.2, 0) is 14.6 Å². The van der Waals surface area contributed by atoms with E-state index in [1.165, 1.54) is 4.90 Å². The third-order valence-corrected chi connectivity index (χ3v) is 7.46. The van der Waals surface area contributed by atoms with Crippen LogP contribution in [0.4, 0.5) is 0 Å². The van der Waals surface area contributed by atoms with Gasteiger partial charge in [0.1, 0.15) is 22.8 Å². The Morgan fingerprint density at radius 3 is 2.55 bits per heavy atom. The second-order valence-electron chi connectivity index (χ2n) is 8.16. The smallest absolute Gasteiger partial charge is 0.263 e. The van der Waals surface area contributed by atoms with Gasteiger partial charge in [0.2, 0.25) is 11.2 Å². The van der Waals surface area contributed by atoms with E-state index in [4.69, 9.17) is 13.9 Å². The van der Waals surface area contributed by atoms with Crippen LogP contribution < -0.4 is 14.9 Å². The summed E-state index contributed by atoms with van der Waals surface area (Å²) in [6, 6.07) is 13.3. The zero-order valence-electron chi connectivity index (χ0n) is 18.6. The molecule has 174 valence electrons. The van der Waals surface area contributed by atoms with Crippen LogP contribution in [0.5, 0.6) is 17.2 Å². The third kappa shape index (κ3) is 4.88. The molecule has 1 aliphatic heterocycles. The molecule has 0 N–H and O–H groups in total. The first kappa shape index (κ1) is 22.8.